The lowest BCUT2D eigenvalue weighted by molar-refractivity contribution is 0.619. The Hall–Kier alpha value is -1.01. The van der Waals surface area contributed by atoms with Crippen molar-refractivity contribution in [3.63, 3.8) is 0 Å². The van der Waals surface area contributed by atoms with E-state index in [1.165, 1.54) is 12.1 Å². The largest absolute Gasteiger partial charge is 0.267 e. The maximum absolute atomic E-state index is 13.2. The predicted molar refractivity (Wildman–Crippen MR) is 81.5 cm³/mol. The van der Waals surface area contributed by atoms with Gasteiger partial charge in [0.15, 0.2) is 0 Å². The molecule has 0 amide bonds. The van der Waals surface area contributed by atoms with Crippen molar-refractivity contribution < 1.29 is 8.60 Å². The monoisotopic (exact) mass is 358 g/mol. The highest BCUT2D eigenvalue weighted by Crippen LogP contribution is 2.25. The fourth-order valence-corrected chi connectivity index (χ4v) is 4.04. The fraction of sp³-hybridized carbons (Fsp3) is 0.357. The van der Waals surface area contributed by atoms with Crippen molar-refractivity contribution in [1.82, 2.24) is 9.78 Å². The van der Waals surface area contributed by atoms with Crippen LogP contribution < -0.4 is 0 Å². The van der Waals surface area contributed by atoms with Gasteiger partial charge in [0.2, 0.25) is 0 Å². The van der Waals surface area contributed by atoms with E-state index in [0.717, 1.165) is 22.3 Å². The lowest BCUT2D eigenvalue weighted by Crippen LogP contribution is -2.06. The fourth-order valence-electron chi connectivity index (χ4n) is 1.97. The smallest absolute Gasteiger partial charge is 0.124 e. The third-order valence-electron chi connectivity index (χ3n) is 3.02. The third-order valence-corrected chi connectivity index (χ3v) is 5.25. The minimum absolute atomic E-state index is 0.324. The predicted octanol–water partition coefficient (Wildman–Crippen LogP) is 3.67. The van der Waals surface area contributed by atoms with Crippen LogP contribution in [0.3, 0.4) is 0 Å². The molecule has 0 N–H and O–H groups in total. The van der Waals surface area contributed by atoms with E-state index in [1.807, 2.05) is 18.5 Å². The Morgan fingerprint density at radius 1 is 1.40 bits per heavy atom. The van der Waals surface area contributed by atoms with Crippen LogP contribution in [0, 0.1) is 5.82 Å². The van der Waals surface area contributed by atoms with Gasteiger partial charge in [0.05, 0.1) is 32.4 Å². The van der Waals surface area contributed by atoms with E-state index < -0.39 is 10.8 Å². The molecule has 3 nitrogen and oxygen atoms in total. The van der Waals surface area contributed by atoms with E-state index in [1.54, 1.807) is 12.1 Å². The summed E-state index contributed by atoms with van der Waals surface area (Å²) in [6, 6.07) is 5.92. The summed E-state index contributed by atoms with van der Waals surface area (Å²) in [5, 5.41) is 4.47. The summed E-state index contributed by atoms with van der Waals surface area (Å²) in [6.07, 6.45) is 0.813. The number of rotatable bonds is 5. The van der Waals surface area contributed by atoms with Gasteiger partial charge < -0.3 is 0 Å². The summed E-state index contributed by atoms with van der Waals surface area (Å²) in [5.41, 5.74) is 1.85. The summed E-state index contributed by atoms with van der Waals surface area (Å²) >= 11 is 3.53. The van der Waals surface area contributed by atoms with Crippen molar-refractivity contribution in [3.8, 4) is 0 Å². The van der Waals surface area contributed by atoms with Crippen LogP contribution in [-0.2, 0) is 29.5 Å². The van der Waals surface area contributed by atoms with Crippen molar-refractivity contribution in [2.75, 3.05) is 0 Å². The standard InChI is InChI=1S/C14H16BrFN2OS/c1-3-12-14(15)13(18(4-2)17-12)9-20(19)11-7-5-6-10(16)8-11/h5-8H,3-4,9H2,1-2H3. The lowest BCUT2D eigenvalue weighted by Gasteiger charge is -2.06. The first-order chi connectivity index (χ1) is 9.56. The van der Waals surface area contributed by atoms with Gasteiger partial charge in [0.25, 0.3) is 0 Å². The first-order valence-electron chi connectivity index (χ1n) is 6.44. The highest BCUT2D eigenvalue weighted by Gasteiger charge is 2.17. The molecule has 0 aliphatic heterocycles. The van der Waals surface area contributed by atoms with Gasteiger partial charge in [-0.15, -0.1) is 0 Å². The topological polar surface area (TPSA) is 34.9 Å². The van der Waals surface area contributed by atoms with E-state index >= 15 is 0 Å². The highest BCUT2D eigenvalue weighted by atomic mass is 79.9. The van der Waals surface area contributed by atoms with Crippen molar-refractivity contribution in [2.45, 2.75) is 37.5 Å². The summed E-state index contributed by atoms with van der Waals surface area (Å²) in [5.74, 6) is -0.0432. The van der Waals surface area contributed by atoms with Gasteiger partial charge in [-0.1, -0.05) is 13.0 Å². The Morgan fingerprint density at radius 2 is 2.15 bits per heavy atom. The zero-order valence-corrected chi connectivity index (χ0v) is 13.8. The molecule has 1 heterocycles. The minimum atomic E-state index is -1.29. The molecule has 0 aliphatic carbocycles. The average molecular weight is 359 g/mol. The molecule has 2 rings (SSSR count). The summed E-state index contributed by atoms with van der Waals surface area (Å²) in [7, 11) is -1.29. The first-order valence-corrected chi connectivity index (χ1v) is 8.56. The molecule has 0 saturated carbocycles. The lowest BCUT2D eigenvalue weighted by atomic mass is 10.3. The molecular formula is C14H16BrFN2OS. The van der Waals surface area contributed by atoms with Gasteiger partial charge in [-0.25, -0.2) is 4.39 Å². The molecule has 20 heavy (non-hydrogen) atoms. The molecule has 0 bridgehead atoms. The van der Waals surface area contributed by atoms with E-state index in [4.69, 9.17) is 0 Å². The first kappa shape index (κ1) is 15.4. The van der Waals surface area contributed by atoms with Crippen LogP contribution in [0.2, 0.25) is 0 Å². The normalized spacial score (nSPS) is 12.6. The van der Waals surface area contributed by atoms with Gasteiger partial charge in [-0.3, -0.25) is 8.89 Å². The Bertz CT molecular complexity index is 642. The van der Waals surface area contributed by atoms with E-state index in [0.29, 0.717) is 17.2 Å². The van der Waals surface area contributed by atoms with Crippen molar-refractivity contribution in [1.29, 1.82) is 0 Å². The van der Waals surface area contributed by atoms with Crippen LogP contribution in [0.4, 0.5) is 4.39 Å². The maximum Gasteiger partial charge on any atom is 0.124 e. The third kappa shape index (κ3) is 3.17. The molecule has 1 unspecified atom stereocenters. The summed E-state index contributed by atoms with van der Waals surface area (Å²) in [6.45, 7) is 4.74. The van der Waals surface area contributed by atoms with Gasteiger partial charge in [0, 0.05) is 11.4 Å². The second kappa shape index (κ2) is 6.63. The van der Waals surface area contributed by atoms with Gasteiger partial charge in [-0.2, -0.15) is 5.10 Å². The number of benzene rings is 1. The van der Waals surface area contributed by atoms with Gasteiger partial charge in [0.1, 0.15) is 5.82 Å². The van der Waals surface area contributed by atoms with Crippen LogP contribution in [0.1, 0.15) is 25.2 Å². The Balaban J connectivity index is 2.30. The van der Waals surface area contributed by atoms with Crippen LogP contribution in [0.25, 0.3) is 0 Å². The summed E-state index contributed by atoms with van der Waals surface area (Å²) in [4.78, 5) is 0.499. The van der Waals surface area contributed by atoms with Gasteiger partial charge >= 0.3 is 0 Å². The molecule has 1 aromatic carbocycles. The molecule has 0 spiro atoms. The van der Waals surface area contributed by atoms with Crippen molar-refractivity contribution in [2.24, 2.45) is 0 Å². The van der Waals surface area contributed by atoms with Crippen LogP contribution in [0.5, 0.6) is 0 Å². The van der Waals surface area contributed by atoms with E-state index in [2.05, 4.69) is 21.0 Å². The molecule has 0 radical (unpaired) electrons. The molecule has 2 aromatic rings. The molecule has 6 heteroatoms. The Morgan fingerprint density at radius 3 is 2.75 bits per heavy atom. The number of hydrogen-bond acceptors (Lipinski definition) is 2. The van der Waals surface area contributed by atoms with Gasteiger partial charge in [-0.05, 0) is 47.5 Å². The molecule has 108 valence electrons. The number of hydrogen-bond donors (Lipinski definition) is 0. The minimum Gasteiger partial charge on any atom is -0.267 e. The number of aromatic nitrogens is 2. The summed E-state index contributed by atoms with van der Waals surface area (Å²) < 4.78 is 28.3. The van der Waals surface area contributed by atoms with Crippen LogP contribution in [-0.4, -0.2) is 14.0 Å². The van der Waals surface area contributed by atoms with Crippen LogP contribution >= 0.6 is 15.9 Å². The molecule has 1 atom stereocenters. The Labute approximate surface area is 128 Å². The highest BCUT2D eigenvalue weighted by molar-refractivity contribution is 9.10. The molecule has 0 fully saturated rings. The zero-order valence-electron chi connectivity index (χ0n) is 11.4. The van der Waals surface area contributed by atoms with Crippen molar-refractivity contribution >= 4 is 26.7 Å². The molecule has 0 saturated heterocycles. The number of nitrogens with zero attached hydrogens (tertiary/aromatic N) is 2. The quantitative estimate of drug-likeness (QED) is 0.816. The second-order valence-corrected chi connectivity index (χ2v) is 6.57. The number of aryl methyl sites for hydroxylation is 2. The average Bonchev–Trinajstić information content (AvgIpc) is 2.75. The second-order valence-electron chi connectivity index (χ2n) is 4.32. The van der Waals surface area contributed by atoms with E-state index in [-0.39, 0.29) is 5.82 Å². The molecular weight excluding hydrogens is 343 g/mol. The van der Waals surface area contributed by atoms with Crippen molar-refractivity contribution in [3.05, 3.63) is 45.9 Å². The molecule has 1 aromatic heterocycles. The number of halogens is 2. The van der Waals surface area contributed by atoms with E-state index in [9.17, 15) is 8.60 Å². The molecule has 0 aliphatic rings. The SMILES string of the molecule is CCc1nn(CC)c(CS(=O)c2cccc(F)c2)c1Br. The maximum atomic E-state index is 13.2. The van der Waals surface area contributed by atoms with Crippen LogP contribution in [0.15, 0.2) is 33.6 Å². The zero-order chi connectivity index (χ0) is 14.7. The Kier molecular flexibility index (Phi) is 5.10.